The second-order valence-electron chi connectivity index (χ2n) is 6.51. The lowest BCUT2D eigenvalue weighted by Crippen LogP contribution is -2.54. The van der Waals surface area contributed by atoms with E-state index in [1.165, 1.54) is 23.1 Å². The van der Waals surface area contributed by atoms with E-state index < -0.39 is 16.7 Å². The van der Waals surface area contributed by atoms with Crippen molar-refractivity contribution in [1.82, 2.24) is 9.88 Å². The molecular formula is C21H13ClN4O4S. The summed E-state index contributed by atoms with van der Waals surface area (Å²) in [5, 5.41) is 13.9. The van der Waals surface area contributed by atoms with Crippen LogP contribution in [-0.4, -0.2) is 26.4 Å². The Bertz CT molecular complexity index is 1250. The van der Waals surface area contributed by atoms with Crippen molar-refractivity contribution in [3.8, 4) is 5.69 Å². The predicted molar refractivity (Wildman–Crippen MR) is 120 cm³/mol. The van der Waals surface area contributed by atoms with Crippen molar-refractivity contribution >= 4 is 58.2 Å². The zero-order chi connectivity index (χ0) is 22.1. The molecule has 10 heteroatoms. The Kier molecular flexibility index (Phi) is 5.37. The SMILES string of the molecule is O=C1NC(=S)N(c2ccc(Cl)cc2)C(=O)/C1=C/c1cccn1-c1ccc([N+](=O)[O-])cc1. The maximum absolute atomic E-state index is 13.1. The number of hydrogen-bond donors (Lipinski definition) is 1. The molecule has 0 spiro atoms. The first kappa shape index (κ1) is 20.5. The van der Waals surface area contributed by atoms with Gasteiger partial charge in [0.15, 0.2) is 5.11 Å². The molecular weight excluding hydrogens is 440 g/mol. The normalized spacial score (nSPS) is 15.3. The average Bonchev–Trinajstić information content (AvgIpc) is 3.20. The van der Waals surface area contributed by atoms with Gasteiger partial charge in [0.05, 0.1) is 10.6 Å². The lowest BCUT2D eigenvalue weighted by atomic mass is 10.1. The number of carbonyl (C=O) groups is 2. The molecule has 4 rings (SSSR count). The number of nitrogens with zero attached hydrogens (tertiary/aromatic N) is 3. The molecule has 1 aromatic heterocycles. The second kappa shape index (κ2) is 8.13. The van der Waals surface area contributed by atoms with E-state index in [2.05, 4.69) is 5.32 Å². The van der Waals surface area contributed by atoms with Crippen LogP contribution in [0.5, 0.6) is 0 Å². The molecule has 1 aliphatic heterocycles. The summed E-state index contributed by atoms with van der Waals surface area (Å²) < 4.78 is 1.71. The van der Waals surface area contributed by atoms with Gasteiger partial charge in [-0.15, -0.1) is 0 Å². The van der Waals surface area contributed by atoms with E-state index in [0.717, 1.165) is 0 Å². The van der Waals surface area contributed by atoms with E-state index in [0.29, 0.717) is 22.1 Å². The molecule has 1 aliphatic rings. The first-order chi connectivity index (χ1) is 14.8. The first-order valence-electron chi connectivity index (χ1n) is 8.94. The number of aromatic nitrogens is 1. The van der Waals surface area contributed by atoms with E-state index in [1.54, 1.807) is 59.3 Å². The van der Waals surface area contributed by atoms with Crippen molar-refractivity contribution in [1.29, 1.82) is 0 Å². The average molecular weight is 453 g/mol. The fourth-order valence-corrected chi connectivity index (χ4v) is 3.52. The number of nitro groups is 1. The third kappa shape index (κ3) is 3.96. The molecule has 0 aliphatic carbocycles. The van der Waals surface area contributed by atoms with Crippen LogP contribution >= 0.6 is 23.8 Å². The molecule has 0 atom stereocenters. The molecule has 0 bridgehead atoms. The van der Waals surface area contributed by atoms with Crippen LogP contribution in [0.1, 0.15) is 5.69 Å². The Morgan fingerprint density at radius 1 is 1.00 bits per heavy atom. The molecule has 1 saturated heterocycles. The smallest absolute Gasteiger partial charge is 0.270 e. The molecule has 154 valence electrons. The quantitative estimate of drug-likeness (QED) is 0.213. The number of nitrogens with one attached hydrogen (secondary N) is 1. The summed E-state index contributed by atoms with van der Waals surface area (Å²) in [7, 11) is 0. The highest BCUT2D eigenvalue weighted by Crippen LogP contribution is 2.25. The number of thiocarbonyl (C=S) groups is 1. The minimum atomic E-state index is -0.614. The number of rotatable bonds is 4. The van der Waals surface area contributed by atoms with Crippen LogP contribution in [0, 0.1) is 10.1 Å². The number of halogens is 1. The first-order valence-corrected chi connectivity index (χ1v) is 9.73. The zero-order valence-corrected chi connectivity index (χ0v) is 17.3. The molecule has 8 nitrogen and oxygen atoms in total. The van der Waals surface area contributed by atoms with E-state index in [4.69, 9.17) is 23.8 Å². The van der Waals surface area contributed by atoms with Gasteiger partial charge < -0.3 is 4.57 Å². The Balaban J connectivity index is 1.71. The van der Waals surface area contributed by atoms with E-state index in [-0.39, 0.29) is 16.4 Å². The third-order valence-electron chi connectivity index (χ3n) is 4.60. The summed E-state index contributed by atoms with van der Waals surface area (Å²) in [6.45, 7) is 0. The van der Waals surface area contributed by atoms with Crippen LogP contribution in [0.15, 0.2) is 72.4 Å². The summed E-state index contributed by atoms with van der Waals surface area (Å²) in [5.74, 6) is -1.19. The van der Waals surface area contributed by atoms with E-state index in [9.17, 15) is 19.7 Å². The maximum atomic E-state index is 13.1. The molecule has 0 radical (unpaired) electrons. The fraction of sp³-hybridized carbons (Fsp3) is 0. The van der Waals surface area contributed by atoms with Crippen molar-refractivity contribution in [2.24, 2.45) is 0 Å². The molecule has 1 N–H and O–H groups in total. The van der Waals surface area contributed by atoms with Gasteiger partial charge in [0.1, 0.15) is 5.57 Å². The second-order valence-corrected chi connectivity index (χ2v) is 7.33. The van der Waals surface area contributed by atoms with Crippen molar-refractivity contribution < 1.29 is 14.5 Å². The monoisotopic (exact) mass is 452 g/mol. The number of carbonyl (C=O) groups excluding carboxylic acids is 2. The highest BCUT2D eigenvalue weighted by atomic mass is 35.5. The molecule has 2 aromatic carbocycles. The van der Waals surface area contributed by atoms with Gasteiger partial charge in [-0.25, -0.2) is 0 Å². The number of hydrogen-bond acceptors (Lipinski definition) is 5. The summed E-state index contributed by atoms with van der Waals surface area (Å²) in [4.78, 5) is 37.3. The van der Waals surface area contributed by atoms with E-state index in [1.807, 2.05) is 0 Å². The number of amides is 2. The van der Waals surface area contributed by atoms with Gasteiger partial charge in [-0.05, 0) is 66.8 Å². The molecule has 0 unspecified atom stereocenters. The topological polar surface area (TPSA) is 97.5 Å². The van der Waals surface area contributed by atoms with Crippen LogP contribution in [0.2, 0.25) is 5.02 Å². The predicted octanol–water partition coefficient (Wildman–Crippen LogP) is 3.87. The summed E-state index contributed by atoms with van der Waals surface area (Å²) in [5.41, 5.74) is 1.50. The Labute approximate surface area is 186 Å². The Hall–Kier alpha value is -3.82. The van der Waals surface area contributed by atoms with Crippen LogP contribution in [0.3, 0.4) is 0 Å². The summed E-state index contributed by atoms with van der Waals surface area (Å²) in [6.07, 6.45) is 3.17. The van der Waals surface area contributed by atoms with Gasteiger partial charge in [0.2, 0.25) is 0 Å². The summed E-state index contributed by atoms with van der Waals surface area (Å²) >= 11 is 11.1. The Morgan fingerprint density at radius 3 is 2.29 bits per heavy atom. The maximum Gasteiger partial charge on any atom is 0.270 e. The highest BCUT2D eigenvalue weighted by molar-refractivity contribution is 7.80. The van der Waals surface area contributed by atoms with Gasteiger partial charge in [0, 0.05) is 34.7 Å². The molecule has 0 saturated carbocycles. The molecule has 2 heterocycles. The minimum Gasteiger partial charge on any atom is -0.317 e. The van der Waals surface area contributed by atoms with Gasteiger partial charge in [0.25, 0.3) is 17.5 Å². The molecule has 3 aromatic rings. The number of nitro benzene ring substituents is 1. The lowest BCUT2D eigenvalue weighted by molar-refractivity contribution is -0.384. The van der Waals surface area contributed by atoms with Crippen molar-refractivity contribution in [3.63, 3.8) is 0 Å². The van der Waals surface area contributed by atoms with Gasteiger partial charge >= 0.3 is 0 Å². The van der Waals surface area contributed by atoms with Crippen LogP contribution < -0.4 is 10.2 Å². The van der Waals surface area contributed by atoms with Crippen molar-refractivity contribution in [3.05, 3.63) is 93.3 Å². The minimum absolute atomic E-state index is 0.0276. The van der Waals surface area contributed by atoms with Crippen molar-refractivity contribution in [2.75, 3.05) is 4.90 Å². The number of benzene rings is 2. The van der Waals surface area contributed by atoms with Crippen LogP contribution in [0.4, 0.5) is 11.4 Å². The molecule has 31 heavy (non-hydrogen) atoms. The molecule has 1 fully saturated rings. The molecule has 2 amide bonds. The Morgan fingerprint density at radius 2 is 1.65 bits per heavy atom. The largest absolute Gasteiger partial charge is 0.317 e. The number of anilines is 1. The van der Waals surface area contributed by atoms with Crippen molar-refractivity contribution in [2.45, 2.75) is 0 Å². The fourth-order valence-electron chi connectivity index (χ4n) is 3.11. The zero-order valence-electron chi connectivity index (χ0n) is 15.7. The third-order valence-corrected chi connectivity index (χ3v) is 5.13. The van der Waals surface area contributed by atoms with Crippen LogP contribution in [-0.2, 0) is 9.59 Å². The summed E-state index contributed by atoms with van der Waals surface area (Å²) in [6, 6.07) is 15.9. The van der Waals surface area contributed by atoms with Crippen LogP contribution in [0.25, 0.3) is 11.8 Å². The van der Waals surface area contributed by atoms with Gasteiger partial charge in [-0.2, -0.15) is 0 Å². The van der Waals surface area contributed by atoms with E-state index >= 15 is 0 Å². The number of non-ortho nitro benzene ring substituents is 1. The lowest BCUT2D eigenvalue weighted by Gasteiger charge is -2.29. The standard InChI is InChI=1S/C21H13ClN4O4S/c22-13-3-5-15(6-4-13)25-20(28)18(19(27)23-21(25)31)12-17-2-1-11-24(17)14-7-9-16(10-8-14)26(29)30/h1-12H,(H,23,27,31)/b18-12+. The highest BCUT2D eigenvalue weighted by Gasteiger charge is 2.34. The van der Waals surface area contributed by atoms with Gasteiger partial charge in [-0.1, -0.05) is 11.6 Å². The van der Waals surface area contributed by atoms with Gasteiger partial charge in [-0.3, -0.25) is 29.9 Å².